The molecule has 15 atom stereocenters. The summed E-state index contributed by atoms with van der Waals surface area (Å²) in [5, 5.41) is 93.0. The zero-order valence-electron chi connectivity index (χ0n) is 35.3. The van der Waals surface area contributed by atoms with E-state index in [9.17, 15) is 60.0 Å². The molecule has 4 heterocycles. The maximum absolute atomic E-state index is 13.3. The minimum absolute atomic E-state index is 0.0649. The Morgan fingerprint density at radius 1 is 0.689 bits per heavy atom. The number of hydrogen-bond acceptors (Lipinski definition) is 16. The van der Waals surface area contributed by atoms with Gasteiger partial charge in [-0.3, -0.25) is 23.9 Å². The second kappa shape index (κ2) is 25.4. The minimum atomic E-state index is -1.82. The van der Waals surface area contributed by atoms with E-state index in [1.165, 1.54) is 0 Å². The van der Waals surface area contributed by atoms with Crippen LogP contribution in [-0.2, 0) is 28.5 Å². The molecule has 61 heavy (non-hydrogen) atoms. The number of carbonyl (C=O) groups is 2. The number of amides is 2. The van der Waals surface area contributed by atoms with Crippen LogP contribution in [0.5, 0.6) is 0 Å². The fraction of sp³-hybridized carbons (Fsp3) is 0.854. The van der Waals surface area contributed by atoms with E-state index in [1.807, 2.05) is 4.98 Å². The van der Waals surface area contributed by atoms with Crippen LogP contribution in [0, 0.1) is 0 Å². The molecule has 0 radical (unpaired) electrons. The molecule has 6 unspecified atom stereocenters. The molecular weight excluding hydrogens is 804 g/mol. The van der Waals surface area contributed by atoms with Crippen LogP contribution >= 0.6 is 0 Å². The van der Waals surface area contributed by atoms with Gasteiger partial charge in [-0.2, -0.15) is 0 Å². The Morgan fingerprint density at radius 3 is 1.66 bits per heavy atom. The molecule has 2 amide bonds. The van der Waals surface area contributed by atoms with E-state index >= 15 is 0 Å². The Balaban J connectivity index is 1.52. The van der Waals surface area contributed by atoms with Crippen LogP contribution in [-0.4, -0.2) is 155 Å². The number of unbranched alkanes of at least 4 members (excludes halogenated alkanes) is 12. The van der Waals surface area contributed by atoms with Gasteiger partial charge in [0.05, 0.1) is 18.8 Å². The first-order valence-electron chi connectivity index (χ1n) is 22.1. The van der Waals surface area contributed by atoms with Gasteiger partial charge in [-0.15, -0.1) is 0 Å². The lowest BCUT2D eigenvalue weighted by Gasteiger charge is -2.47. The van der Waals surface area contributed by atoms with Crippen molar-refractivity contribution in [2.75, 3.05) is 6.61 Å². The van der Waals surface area contributed by atoms with E-state index in [0.717, 1.165) is 93.9 Å². The van der Waals surface area contributed by atoms with Gasteiger partial charge in [-0.05, 0) is 12.8 Å². The summed E-state index contributed by atoms with van der Waals surface area (Å²) < 4.78 is 24.6. The summed E-state index contributed by atoms with van der Waals surface area (Å²) in [6.07, 6.45) is -7.74. The average molecular weight is 875 g/mol. The van der Waals surface area contributed by atoms with Crippen molar-refractivity contribution in [3.05, 3.63) is 33.1 Å². The van der Waals surface area contributed by atoms with Gasteiger partial charge in [-0.25, -0.2) is 4.79 Å². The molecule has 20 heteroatoms. The molecule has 3 saturated heterocycles. The summed E-state index contributed by atoms with van der Waals surface area (Å²) in [4.78, 5) is 52.4. The first-order valence-corrected chi connectivity index (χ1v) is 22.1. The Labute approximate surface area is 355 Å². The van der Waals surface area contributed by atoms with Gasteiger partial charge in [0.15, 0.2) is 18.8 Å². The zero-order chi connectivity index (χ0) is 44.6. The van der Waals surface area contributed by atoms with Gasteiger partial charge in [-0.1, -0.05) is 90.9 Å². The normalized spacial score (nSPS) is 33.3. The highest BCUT2D eigenvalue weighted by molar-refractivity contribution is 5.76. The van der Waals surface area contributed by atoms with Crippen LogP contribution in [0.4, 0.5) is 0 Å². The second-order valence-corrected chi connectivity index (χ2v) is 16.6. The first kappa shape index (κ1) is 50.8. The van der Waals surface area contributed by atoms with Crippen molar-refractivity contribution >= 4 is 11.8 Å². The molecule has 0 aromatic carbocycles. The van der Waals surface area contributed by atoms with E-state index < -0.39 is 128 Å². The number of hydrogen-bond donors (Lipinski definition) is 11. The van der Waals surface area contributed by atoms with Crippen molar-refractivity contribution in [1.29, 1.82) is 0 Å². The van der Waals surface area contributed by atoms with Gasteiger partial charge in [0.25, 0.3) is 5.56 Å². The molecule has 350 valence electrons. The number of H-pyrrole nitrogens is 1. The number of nitrogens with one attached hydrogen (secondary N) is 3. The van der Waals surface area contributed by atoms with E-state index in [0.29, 0.717) is 12.8 Å². The van der Waals surface area contributed by atoms with Crippen LogP contribution in [0.3, 0.4) is 0 Å². The molecule has 0 bridgehead atoms. The SMILES string of the molecule is CCCCCCCCCC(=O)NC1C(O)C(O)[C@H](CO)O[C@@H]1O[C@@H]1O[C@H](C[C@@H](O)[C@H]2O[C@@H](n3ccc(=O)[nH]c3=O)[C@H](O)[C@@H]2O)C(O)C(O)C1NC(=O)CCCCCCCCC. The second-order valence-electron chi connectivity index (χ2n) is 16.6. The predicted molar refractivity (Wildman–Crippen MR) is 216 cm³/mol. The van der Waals surface area contributed by atoms with Gasteiger partial charge in [0.2, 0.25) is 11.8 Å². The number of nitrogens with zero attached hydrogens (tertiary/aromatic N) is 1. The summed E-state index contributed by atoms with van der Waals surface area (Å²) in [5.74, 6) is -0.988. The third-order valence-electron chi connectivity index (χ3n) is 11.8. The maximum Gasteiger partial charge on any atom is 0.330 e. The highest BCUT2D eigenvalue weighted by Gasteiger charge is 2.53. The van der Waals surface area contributed by atoms with Crippen molar-refractivity contribution in [2.45, 2.75) is 215 Å². The van der Waals surface area contributed by atoms with Crippen molar-refractivity contribution in [3.63, 3.8) is 0 Å². The quantitative estimate of drug-likeness (QED) is 0.0529. The third-order valence-corrected chi connectivity index (χ3v) is 11.8. The van der Waals surface area contributed by atoms with Crippen LogP contribution in [0.2, 0.25) is 0 Å². The fourth-order valence-corrected chi connectivity index (χ4v) is 8.11. The lowest BCUT2D eigenvalue weighted by atomic mass is 9.91. The molecule has 0 aliphatic carbocycles. The summed E-state index contributed by atoms with van der Waals surface area (Å²) >= 11 is 0. The monoisotopic (exact) mass is 874 g/mol. The Hall–Kier alpha value is -2.86. The smallest absolute Gasteiger partial charge is 0.330 e. The van der Waals surface area contributed by atoms with Crippen LogP contribution < -0.4 is 21.9 Å². The summed E-state index contributed by atoms with van der Waals surface area (Å²) in [6, 6.07) is -1.93. The number of aliphatic hydroxyl groups is 8. The zero-order valence-corrected chi connectivity index (χ0v) is 35.3. The van der Waals surface area contributed by atoms with Gasteiger partial charge in [0, 0.05) is 31.5 Å². The summed E-state index contributed by atoms with van der Waals surface area (Å²) in [7, 11) is 0. The van der Waals surface area contributed by atoms with Gasteiger partial charge in [0.1, 0.15) is 60.9 Å². The number of rotatable bonds is 25. The highest BCUT2D eigenvalue weighted by atomic mass is 16.8. The molecule has 3 aliphatic rings. The molecular formula is C41H70N4O16. The molecule has 1 aromatic heterocycles. The first-order chi connectivity index (χ1) is 29.2. The van der Waals surface area contributed by atoms with Crippen LogP contribution in [0.1, 0.15) is 129 Å². The van der Waals surface area contributed by atoms with Crippen molar-refractivity contribution in [2.24, 2.45) is 0 Å². The Bertz CT molecular complexity index is 1580. The predicted octanol–water partition coefficient (Wildman–Crippen LogP) is -0.940. The summed E-state index contributed by atoms with van der Waals surface area (Å²) in [5.41, 5.74) is -1.67. The van der Waals surface area contributed by atoms with Crippen LogP contribution in [0.25, 0.3) is 0 Å². The van der Waals surface area contributed by atoms with Crippen molar-refractivity contribution in [3.8, 4) is 0 Å². The number of aromatic nitrogens is 2. The molecule has 4 rings (SSSR count). The molecule has 0 spiro atoms. The highest BCUT2D eigenvalue weighted by Crippen LogP contribution is 2.34. The molecule has 3 aliphatic heterocycles. The Kier molecular flexibility index (Phi) is 21.2. The van der Waals surface area contributed by atoms with E-state index in [2.05, 4.69) is 24.5 Å². The lowest BCUT2D eigenvalue weighted by Crippen LogP contribution is -2.69. The lowest BCUT2D eigenvalue weighted by molar-refractivity contribution is -0.347. The van der Waals surface area contributed by atoms with E-state index in [-0.39, 0.29) is 12.8 Å². The molecule has 3 fully saturated rings. The molecule has 0 saturated carbocycles. The molecule has 1 aromatic rings. The summed E-state index contributed by atoms with van der Waals surface area (Å²) in [6.45, 7) is 3.48. The van der Waals surface area contributed by atoms with Crippen molar-refractivity contribution in [1.82, 2.24) is 20.2 Å². The number of carbonyl (C=O) groups excluding carboxylic acids is 2. The van der Waals surface area contributed by atoms with E-state index in [4.69, 9.17) is 18.9 Å². The average Bonchev–Trinajstić information content (AvgIpc) is 3.52. The minimum Gasteiger partial charge on any atom is -0.394 e. The van der Waals surface area contributed by atoms with Crippen molar-refractivity contribution < 1.29 is 69.4 Å². The van der Waals surface area contributed by atoms with E-state index in [1.54, 1.807) is 0 Å². The Morgan fingerprint density at radius 2 is 1.16 bits per heavy atom. The topological polar surface area (TPSA) is 312 Å². The van der Waals surface area contributed by atoms with Crippen LogP contribution in [0.15, 0.2) is 21.9 Å². The van der Waals surface area contributed by atoms with Gasteiger partial charge < -0.3 is 70.4 Å². The molecule has 20 nitrogen and oxygen atoms in total. The number of aliphatic hydroxyl groups excluding tert-OH is 8. The number of ether oxygens (including phenoxy) is 4. The maximum atomic E-state index is 13.3. The number of aromatic amines is 1. The molecule has 11 N–H and O–H groups in total. The largest absolute Gasteiger partial charge is 0.394 e. The van der Waals surface area contributed by atoms with Gasteiger partial charge >= 0.3 is 5.69 Å². The fourth-order valence-electron chi connectivity index (χ4n) is 8.11. The third kappa shape index (κ3) is 14.3. The standard InChI is InChI=1S/C41H70N4O16/c1-3-5-7-9-11-13-15-17-26(48)42-29-33(53)31(51)24(21-23(47)37-35(55)36(56)38(60-37)45-20-19-28(50)44-41(45)57)58-39(29)61-40-30(34(54)32(52)25(22-46)59-40)43-27(49)18-16-14-12-10-8-6-4-2/h19-20,23-25,29-40,46-47,51-56H,3-18,21-22H2,1-2H3,(H,42,48)(H,43,49)(H,44,50,57)/t23-,24-,25+,29?,30?,31?,32?,33?,34?,35+,36-,37-,38-,39+,40-/m1/s1.